The summed E-state index contributed by atoms with van der Waals surface area (Å²) < 4.78 is 3.47. The van der Waals surface area contributed by atoms with Crippen LogP contribution < -0.4 is 0 Å². The third-order valence-electron chi connectivity index (χ3n) is 2.15. The van der Waals surface area contributed by atoms with E-state index in [1.54, 1.807) is 6.92 Å². The van der Waals surface area contributed by atoms with Gasteiger partial charge in [-0.05, 0) is 19.3 Å². The van der Waals surface area contributed by atoms with Gasteiger partial charge in [0, 0.05) is 18.2 Å². The normalized spacial score (nSPS) is 15.6. The molecule has 0 aliphatic heterocycles. The van der Waals surface area contributed by atoms with E-state index in [2.05, 4.69) is 0 Å². The van der Waals surface area contributed by atoms with Crippen LogP contribution in [0.4, 0.5) is 0 Å². The van der Waals surface area contributed by atoms with Crippen LogP contribution in [-0.4, -0.2) is 21.7 Å². The molecule has 6 heteroatoms. The quantitative estimate of drug-likeness (QED) is 0.539. The van der Waals surface area contributed by atoms with E-state index in [1.165, 1.54) is 0 Å². The van der Waals surface area contributed by atoms with E-state index in [-0.39, 0.29) is 23.7 Å². The van der Waals surface area contributed by atoms with Crippen molar-refractivity contribution >= 4 is 52.4 Å². The van der Waals surface area contributed by atoms with Crippen LogP contribution in [0.1, 0.15) is 33.1 Å². The third kappa shape index (κ3) is 8.74. The molecule has 0 heterocycles. The molecule has 2 nitrogen and oxygen atoms in total. The molecule has 0 aliphatic rings. The molecule has 0 aliphatic carbocycles. The van der Waals surface area contributed by atoms with Crippen molar-refractivity contribution in [2.75, 3.05) is 6.61 Å². The maximum absolute atomic E-state index is 11.1. The molecule has 16 heavy (non-hydrogen) atoms. The zero-order chi connectivity index (χ0) is 12.8. The van der Waals surface area contributed by atoms with E-state index < -0.39 is 3.79 Å². The number of esters is 1. The fourth-order valence-electron chi connectivity index (χ4n) is 1.18. The largest absolute Gasteiger partial charge is 0.466 e. The van der Waals surface area contributed by atoms with E-state index >= 15 is 0 Å². The molecule has 0 N–H and O–H groups in total. The number of carbonyl (C=O) groups is 1. The van der Waals surface area contributed by atoms with Crippen molar-refractivity contribution in [1.29, 1.82) is 0 Å². The van der Waals surface area contributed by atoms with Gasteiger partial charge >= 0.3 is 5.97 Å². The zero-order valence-corrected chi connectivity index (χ0v) is 12.3. The van der Waals surface area contributed by atoms with Gasteiger partial charge in [0.2, 0.25) is 0 Å². The Hall–Kier alpha value is 0.630. The van der Waals surface area contributed by atoms with Gasteiger partial charge in [-0.3, -0.25) is 4.79 Å². The van der Waals surface area contributed by atoms with E-state index in [0.29, 0.717) is 19.4 Å². The number of rotatable bonds is 6. The highest BCUT2D eigenvalue weighted by Crippen LogP contribution is 2.35. The molecule has 0 aromatic carbocycles. The topological polar surface area (TPSA) is 26.3 Å². The average Bonchev–Trinajstić information content (AvgIpc) is 2.11. The van der Waals surface area contributed by atoms with E-state index in [9.17, 15) is 4.79 Å². The van der Waals surface area contributed by atoms with Crippen LogP contribution in [0.5, 0.6) is 0 Å². The molecule has 0 aromatic heterocycles. The second kappa shape index (κ2) is 7.86. The minimum absolute atomic E-state index is 0.0988. The number of ether oxygens (including phenoxy) is 1. The smallest absolute Gasteiger partial charge is 0.305 e. The van der Waals surface area contributed by atoms with Gasteiger partial charge in [-0.2, -0.15) is 0 Å². The highest BCUT2D eigenvalue weighted by molar-refractivity contribution is 6.67. The van der Waals surface area contributed by atoms with Gasteiger partial charge in [-0.15, -0.1) is 11.6 Å². The van der Waals surface area contributed by atoms with Crippen molar-refractivity contribution in [2.45, 2.75) is 42.3 Å². The SMILES string of the molecule is CCOC(=O)CCC(C)C(Cl)CC(Cl)(Cl)Cl. The fraction of sp³-hybridized carbons (Fsp3) is 0.900. The average molecular weight is 310 g/mol. The lowest BCUT2D eigenvalue weighted by molar-refractivity contribution is -0.143. The van der Waals surface area contributed by atoms with Crippen LogP contribution in [0.25, 0.3) is 0 Å². The molecule has 0 rings (SSSR count). The lowest BCUT2D eigenvalue weighted by Gasteiger charge is -2.21. The van der Waals surface area contributed by atoms with Crippen molar-refractivity contribution in [3.63, 3.8) is 0 Å². The van der Waals surface area contributed by atoms with E-state index in [1.807, 2.05) is 6.92 Å². The lowest BCUT2D eigenvalue weighted by atomic mass is 10.00. The summed E-state index contributed by atoms with van der Waals surface area (Å²) in [5.41, 5.74) is 0. The fourth-order valence-corrected chi connectivity index (χ4v) is 2.27. The van der Waals surface area contributed by atoms with Gasteiger partial charge < -0.3 is 4.74 Å². The molecule has 0 fully saturated rings. The zero-order valence-electron chi connectivity index (χ0n) is 9.31. The Labute approximate surface area is 117 Å². The number of hydrogen-bond donors (Lipinski definition) is 0. The first-order valence-corrected chi connectivity index (χ1v) is 6.69. The number of alkyl halides is 4. The molecule has 0 spiro atoms. The van der Waals surface area contributed by atoms with Gasteiger partial charge in [0.1, 0.15) is 0 Å². The maximum Gasteiger partial charge on any atom is 0.305 e. The van der Waals surface area contributed by atoms with Crippen LogP contribution in [0, 0.1) is 5.92 Å². The van der Waals surface area contributed by atoms with Gasteiger partial charge in [0.25, 0.3) is 0 Å². The van der Waals surface area contributed by atoms with Gasteiger partial charge in [0.05, 0.1) is 6.61 Å². The molecule has 0 amide bonds. The molecule has 96 valence electrons. The predicted octanol–water partition coefficient (Wildman–Crippen LogP) is 4.33. The summed E-state index contributed by atoms with van der Waals surface area (Å²) in [7, 11) is 0. The Kier molecular flexibility index (Phi) is 8.17. The first-order valence-electron chi connectivity index (χ1n) is 5.12. The Morgan fingerprint density at radius 1 is 1.38 bits per heavy atom. The molecule has 2 unspecified atom stereocenters. The van der Waals surface area contributed by atoms with Crippen LogP contribution in [0.2, 0.25) is 0 Å². The first kappa shape index (κ1) is 16.6. The third-order valence-corrected chi connectivity index (χ3v) is 3.20. The van der Waals surface area contributed by atoms with Crippen LogP contribution in [0.15, 0.2) is 0 Å². The summed E-state index contributed by atoms with van der Waals surface area (Å²) in [6.07, 6.45) is 1.25. The summed E-state index contributed by atoms with van der Waals surface area (Å²) >= 11 is 23.0. The van der Waals surface area contributed by atoms with E-state index in [4.69, 9.17) is 51.1 Å². The Bertz CT molecular complexity index is 215. The summed E-state index contributed by atoms with van der Waals surface area (Å²) in [5.74, 6) is -0.117. The van der Waals surface area contributed by atoms with Gasteiger partial charge in [-0.25, -0.2) is 0 Å². The number of carbonyl (C=O) groups excluding carboxylic acids is 1. The Balaban J connectivity index is 3.88. The molecule has 0 bridgehead atoms. The van der Waals surface area contributed by atoms with Crippen molar-refractivity contribution in [2.24, 2.45) is 5.92 Å². The Morgan fingerprint density at radius 3 is 2.38 bits per heavy atom. The first-order chi connectivity index (χ1) is 7.26. The van der Waals surface area contributed by atoms with Crippen molar-refractivity contribution in [3.8, 4) is 0 Å². The standard InChI is InChI=1S/C10H16Cl4O2/c1-3-16-9(15)5-4-7(2)8(11)6-10(12,13)14/h7-8H,3-6H2,1-2H3. The Morgan fingerprint density at radius 2 is 1.94 bits per heavy atom. The number of halogens is 4. The highest BCUT2D eigenvalue weighted by atomic mass is 35.6. The second-order valence-electron chi connectivity index (χ2n) is 3.66. The molecule has 0 aromatic rings. The van der Waals surface area contributed by atoms with Crippen molar-refractivity contribution < 1.29 is 9.53 Å². The summed E-state index contributed by atoms with van der Waals surface area (Å²) in [4.78, 5) is 11.1. The molecule has 0 saturated heterocycles. The summed E-state index contributed by atoms with van der Waals surface area (Å²) in [6.45, 7) is 4.09. The lowest BCUT2D eigenvalue weighted by Crippen LogP contribution is -2.20. The van der Waals surface area contributed by atoms with Crippen molar-refractivity contribution in [3.05, 3.63) is 0 Å². The molecule has 2 atom stereocenters. The monoisotopic (exact) mass is 308 g/mol. The van der Waals surface area contributed by atoms with Crippen LogP contribution in [-0.2, 0) is 9.53 Å². The van der Waals surface area contributed by atoms with Crippen LogP contribution in [0.3, 0.4) is 0 Å². The predicted molar refractivity (Wildman–Crippen MR) is 69.6 cm³/mol. The summed E-state index contributed by atoms with van der Waals surface area (Å²) in [5, 5.41) is -0.262. The molecule has 0 saturated carbocycles. The molecule has 0 radical (unpaired) electrons. The van der Waals surface area contributed by atoms with Crippen molar-refractivity contribution in [1.82, 2.24) is 0 Å². The van der Waals surface area contributed by atoms with Crippen LogP contribution >= 0.6 is 46.4 Å². The van der Waals surface area contributed by atoms with Gasteiger partial charge in [-0.1, -0.05) is 41.7 Å². The molecular formula is C10H16Cl4O2. The summed E-state index contributed by atoms with van der Waals surface area (Å²) in [6, 6.07) is 0. The number of hydrogen-bond acceptors (Lipinski definition) is 2. The highest BCUT2D eigenvalue weighted by Gasteiger charge is 2.27. The van der Waals surface area contributed by atoms with E-state index in [0.717, 1.165) is 0 Å². The molecular weight excluding hydrogens is 294 g/mol. The second-order valence-corrected chi connectivity index (χ2v) is 6.73. The maximum atomic E-state index is 11.1. The van der Waals surface area contributed by atoms with Gasteiger partial charge in [0.15, 0.2) is 3.79 Å². The minimum Gasteiger partial charge on any atom is -0.466 e. The minimum atomic E-state index is -1.34.